The maximum Gasteiger partial charge on any atom is 0.365 e. The van der Waals surface area contributed by atoms with Gasteiger partial charge in [-0.2, -0.15) is 0 Å². The molecule has 1 aromatic heterocycles. The highest BCUT2D eigenvalue weighted by molar-refractivity contribution is 7.11. The van der Waals surface area contributed by atoms with E-state index in [-0.39, 0.29) is 11.1 Å². The molecule has 2 unspecified atom stereocenters. The van der Waals surface area contributed by atoms with Crippen molar-refractivity contribution in [3.63, 3.8) is 0 Å². The van der Waals surface area contributed by atoms with Crippen LogP contribution in [0.2, 0.25) is 0 Å². The summed E-state index contributed by atoms with van der Waals surface area (Å²) in [6, 6.07) is 0. The van der Waals surface area contributed by atoms with Crippen LogP contribution in [0.15, 0.2) is 5.38 Å². The Morgan fingerprint density at radius 3 is 2.89 bits per heavy atom. The lowest BCUT2D eigenvalue weighted by molar-refractivity contribution is -0.0325. The van der Waals surface area contributed by atoms with E-state index in [4.69, 9.17) is 9.84 Å². The number of hydrogen-bond acceptors (Lipinski definition) is 4. The third-order valence-corrected chi connectivity index (χ3v) is 4.43. The lowest BCUT2D eigenvalue weighted by Gasteiger charge is -2.38. The predicted octanol–water partition coefficient (Wildman–Crippen LogP) is 3.57. The number of aromatic nitrogens is 1. The van der Waals surface area contributed by atoms with Crippen molar-refractivity contribution in [1.29, 1.82) is 0 Å². The summed E-state index contributed by atoms with van der Waals surface area (Å²) in [4.78, 5) is 14.8. The van der Waals surface area contributed by atoms with Gasteiger partial charge in [0.25, 0.3) is 0 Å². The zero-order valence-corrected chi connectivity index (χ0v) is 12.5. The van der Waals surface area contributed by atoms with Crippen molar-refractivity contribution in [2.45, 2.75) is 52.7 Å². The Kier molecular flexibility index (Phi) is 4.26. The van der Waals surface area contributed by atoms with E-state index in [0.29, 0.717) is 17.9 Å². The summed E-state index contributed by atoms with van der Waals surface area (Å²) < 4.78 is 5.92. The minimum atomic E-state index is -0.969. The van der Waals surface area contributed by atoms with Crippen LogP contribution in [0.1, 0.15) is 55.5 Å². The fourth-order valence-corrected chi connectivity index (χ4v) is 3.70. The van der Waals surface area contributed by atoms with Gasteiger partial charge in [-0.3, -0.25) is 0 Å². The van der Waals surface area contributed by atoms with Crippen molar-refractivity contribution < 1.29 is 14.6 Å². The van der Waals surface area contributed by atoms with Gasteiger partial charge in [-0.05, 0) is 30.6 Å². The first-order valence-electron chi connectivity index (χ1n) is 6.65. The van der Waals surface area contributed by atoms with E-state index >= 15 is 0 Å². The van der Waals surface area contributed by atoms with Gasteiger partial charge in [-0.25, -0.2) is 9.78 Å². The lowest BCUT2D eigenvalue weighted by atomic mass is 9.71. The Labute approximate surface area is 117 Å². The summed E-state index contributed by atoms with van der Waals surface area (Å²) >= 11 is 1.15. The normalized spacial score (nSPS) is 26.3. The van der Waals surface area contributed by atoms with E-state index in [2.05, 4.69) is 25.8 Å². The van der Waals surface area contributed by atoms with Gasteiger partial charge in [0.1, 0.15) is 0 Å². The Bertz CT molecular complexity index is 455. The van der Waals surface area contributed by atoms with Crippen molar-refractivity contribution in [3.05, 3.63) is 16.1 Å². The van der Waals surface area contributed by atoms with Crippen LogP contribution in [0.25, 0.3) is 0 Å². The number of carbonyl (C=O) groups is 1. The summed E-state index contributed by atoms with van der Waals surface area (Å²) in [6.45, 7) is 7.24. The number of carboxylic acids is 1. The third kappa shape index (κ3) is 4.01. The van der Waals surface area contributed by atoms with Crippen LogP contribution in [-0.4, -0.2) is 22.2 Å². The van der Waals surface area contributed by atoms with E-state index in [0.717, 1.165) is 29.9 Å². The molecule has 1 fully saturated rings. The number of rotatable bonds is 4. The molecule has 4 nitrogen and oxygen atoms in total. The van der Waals surface area contributed by atoms with Crippen molar-refractivity contribution in [1.82, 2.24) is 4.98 Å². The Morgan fingerprint density at radius 2 is 2.32 bits per heavy atom. The minimum Gasteiger partial charge on any atom is -0.476 e. The summed E-state index contributed by atoms with van der Waals surface area (Å²) in [5.74, 6) is -0.289. The molecule has 0 aliphatic heterocycles. The molecule has 1 aliphatic rings. The smallest absolute Gasteiger partial charge is 0.365 e. The van der Waals surface area contributed by atoms with Crippen LogP contribution in [0.5, 0.6) is 0 Å². The SMILES string of the molecule is CC1CC(OCc2csc(C(=O)O)n2)CC(C)(C)C1. The second kappa shape index (κ2) is 5.59. The van der Waals surface area contributed by atoms with Gasteiger partial charge < -0.3 is 9.84 Å². The number of aromatic carboxylic acids is 1. The molecule has 106 valence electrons. The van der Waals surface area contributed by atoms with Gasteiger partial charge in [-0.1, -0.05) is 20.8 Å². The van der Waals surface area contributed by atoms with Crippen LogP contribution in [0.3, 0.4) is 0 Å². The second-order valence-corrected chi connectivity index (χ2v) is 7.15. The van der Waals surface area contributed by atoms with Crippen LogP contribution >= 0.6 is 11.3 Å². The van der Waals surface area contributed by atoms with Crippen molar-refractivity contribution >= 4 is 17.3 Å². The lowest BCUT2D eigenvalue weighted by Crippen LogP contribution is -2.32. The molecule has 0 aromatic carbocycles. The van der Waals surface area contributed by atoms with Crippen LogP contribution in [0.4, 0.5) is 0 Å². The molecule has 2 rings (SSSR count). The molecule has 1 aromatic rings. The van der Waals surface area contributed by atoms with E-state index in [1.165, 1.54) is 6.42 Å². The molecule has 2 atom stereocenters. The summed E-state index contributed by atoms with van der Waals surface area (Å²) in [5, 5.41) is 10.7. The maximum atomic E-state index is 10.8. The number of thiazole rings is 1. The predicted molar refractivity (Wildman–Crippen MR) is 74.4 cm³/mol. The molecule has 0 radical (unpaired) electrons. The topological polar surface area (TPSA) is 59.4 Å². The van der Waals surface area contributed by atoms with Gasteiger partial charge in [0, 0.05) is 5.38 Å². The molecule has 1 N–H and O–H groups in total. The monoisotopic (exact) mass is 283 g/mol. The van der Waals surface area contributed by atoms with Crippen molar-refractivity contribution in [3.8, 4) is 0 Å². The van der Waals surface area contributed by atoms with E-state index in [9.17, 15) is 4.79 Å². The van der Waals surface area contributed by atoms with Gasteiger partial charge >= 0.3 is 5.97 Å². The molecular weight excluding hydrogens is 262 g/mol. The van der Waals surface area contributed by atoms with Gasteiger partial charge in [0.15, 0.2) is 0 Å². The summed E-state index contributed by atoms with van der Waals surface area (Å²) in [5.41, 5.74) is 1.05. The molecule has 0 saturated heterocycles. The molecule has 19 heavy (non-hydrogen) atoms. The van der Waals surface area contributed by atoms with E-state index in [1.54, 1.807) is 5.38 Å². The zero-order chi connectivity index (χ0) is 14.0. The Balaban J connectivity index is 1.89. The molecule has 0 bridgehead atoms. The molecular formula is C14H21NO3S. The largest absolute Gasteiger partial charge is 0.476 e. The molecule has 1 aliphatic carbocycles. The fourth-order valence-electron chi connectivity index (χ4n) is 3.06. The minimum absolute atomic E-state index is 0.135. The highest BCUT2D eigenvalue weighted by Crippen LogP contribution is 2.39. The molecule has 1 heterocycles. The Hall–Kier alpha value is -0.940. The highest BCUT2D eigenvalue weighted by Gasteiger charge is 2.32. The van der Waals surface area contributed by atoms with E-state index < -0.39 is 5.97 Å². The number of hydrogen-bond donors (Lipinski definition) is 1. The molecule has 1 saturated carbocycles. The number of ether oxygens (including phenoxy) is 1. The maximum absolute atomic E-state index is 10.8. The first-order chi connectivity index (χ1) is 8.85. The van der Waals surface area contributed by atoms with Crippen molar-refractivity contribution in [2.24, 2.45) is 11.3 Å². The first kappa shape index (κ1) is 14.5. The summed E-state index contributed by atoms with van der Waals surface area (Å²) in [7, 11) is 0. The standard InChI is InChI=1S/C14H21NO3S/c1-9-4-11(6-14(2,3)5-9)18-7-10-8-19-12(15-10)13(16)17/h8-9,11H,4-7H2,1-3H3,(H,16,17). The summed E-state index contributed by atoms with van der Waals surface area (Å²) in [6.07, 6.45) is 3.65. The van der Waals surface area contributed by atoms with E-state index in [1.807, 2.05) is 0 Å². The highest BCUT2D eigenvalue weighted by atomic mass is 32.1. The molecule has 0 amide bonds. The van der Waals surface area contributed by atoms with Crippen molar-refractivity contribution in [2.75, 3.05) is 0 Å². The van der Waals surface area contributed by atoms with Gasteiger partial charge in [-0.15, -0.1) is 11.3 Å². The second-order valence-electron chi connectivity index (χ2n) is 6.30. The zero-order valence-electron chi connectivity index (χ0n) is 11.7. The van der Waals surface area contributed by atoms with Crippen LogP contribution in [0, 0.1) is 11.3 Å². The third-order valence-electron chi connectivity index (χ3n) is 3.55. The molecule has 0 spiro atoms. The van der Waals surface area contributed by atoms with Gasteiger partial charge in [0.2, 0.25) is 5.01 Å². The van der Waals surface area contributed by atoms with Crippen LogP contribution in [-0.2, 0) is 11.3 Å². The quantitative estimate of drug-likeness (QED) is 0.917. The number of nitrogens with zero attached hydrogens (tertiary/aromatic N) is 1. The average Bonchev–Trinajstić information content (AvgIpc) is 2.72. The van der Waals surface area contributed by atoms with Gasteiger partial charge in [0.05, 0.1) is 18.4 Å². The van der Waals surface area contributed by atoms with Crippen LogP contribution < -0.4 is 0 Å². The average molecular weight is 283 g/mol. The Morgan fingerprint density at radius 1 is 1.58 bits per heavy atom. The first-order valence-corrected chi connectivity index (χ1v) is 7.53. The fraction of sp³-hybridized carbons (Fsp3) is 0.714. The number of carboxylic acid groups (broad SMARTS) is 1. The molecule has 5 heteroatoms.